The van der Waals surface area contributed by atoms with Crippen LogP contribution in [-0.4, -0.2) is 19.2 Å². The third-order valence-corrected chi connectivity index (χ3v) is 3.51. The van der Waals surface area contributed by atoms with Gasteiger partial charge in [-0.15, -0.1) is 0 Å². The molecule has 0 heterocycles. The van der Waals surface area contributed by atoms with Gasteiger partial charge in [0.25, 0.3) is 0 Å². The van der Waals surface area contributed by atoms with Gasteiger partial charge in [0.05, 0.1) is 7.11 Å². The molecule has 2 rings (SSSR count). The summed E-state index contributed by atoms with van der Waals surface area (Å²) in [6, 6.07) is 5.71. The van der Waals surface area contributed by atoms with Crippen molar-refractivity contribution in [1.29, 1.82) is 0 Å². The summed E-state index contributed by atoms with van der Waals surface area (Å²) in [5, 5.41) is 3.54. The molecule has 0 saturated heterocycles. The van der Waals surface area contributed by atoms with Crippen LogP contribution in [0.25, 0.3) is 0 Å². The second-order valence-electron chi connectivity index (χ2n) is 4.90. The summed E-state index contributed by atoms with van der Waals surface area (Å²) in [6.07, 6.45) is 2.52. The van der Waals surface area contributed by atoms with Crippen molar-refractivity contribution in [2.24, 2.45) is 0 Å². The molecule has 0 bridgehead atoms. The number of ether oxygens (including phenoxy) is 1. The lowest BCUT2D eigenvalue weighted by atomic mass is 9.93. The first-order valence-electron chi connectivity index (χ1n) is 6.21. The summed E-state index contributed by atoms with van der Waals surface area (Å²) in [5.41, 5.74) is 0.938. The fourth-order valence-electron chi connectivity index (χ4n) is 2.10. The molecular weight excluding hydrogens is 217 g/mol. The predicted octanol–water partition coefficient (Wildman–Crippen LogP) is 3.08. The minimum Gasteiger partial charge on any atom is -0.496 e. The Balaban J connectivity index is 2.15. The van der Waals surface area contributed by atoms with E-state index in [1.807, 2.05) is 0 Å². The number of nitrogens with one attached hydrogen (secondary N) is 1. The van der Waals surface area contributed by atoms with Crippen LogP contribution >= 0.6 is 0 Å². The fraction of sp³-hybridized carbons (Fsp3) is 0.571. The minimum atomic E-state index is -0.203. The van der Waals surface area contributed by atoms with E-state index in [1.54, 1.807) is 19.2 Å². The SMILES string of the molecule is COc1ccc(F)cc1C(C)C(C)NC1CC1. The normalized spacial score (nSPS) is 18.8. The van der Waals surface area contributed by atoms with E-state index < -0.39 is 0 Å². The Morgan fingerprint density at radius 2 is 2.06 bits per heavy atom. The van der Waals surface area contributed by atoms with Gasteiger partial charge in [0, 0.05) is 17.6 Å². The van der Waals surface area contributed by atoms with Crippen molar-refractivity contribution in [3.8, 4) is 5.75 Å². The zero-order valence-electron chi connectivity index (χ0n) is 10.7. The molecule has 1 aliphatic rings. The Kier molecular flexibility index (Phi) is 3.67. The van der Waals surface area contributed by atoms with Gasteiger partial charge in [0.1, 0.15) is 11.6 Å². The van der Waals surface area contributed by atoms with Gasteiger partial charge < -0.3 is 10.1 Å². The maximum absolute atomic E-state index is 13.3. The van der Waals surface area contributed by atoms with E-state index >= 15 is 0 Å². The monoisotopic (exact) mass is 237 g/mol. The predicted molar refractivity (Wildman–Crippen MR) is 67.0 cm³/mol. The first-order valence-corrected chi connectivity index (χ1v) is 6.21. The fourth-order valence-corrected chi connectivity index (χ4v) is 2.10. The van der Waals surface area contributed by atoms with Gasteiger partial charge in [-0.05, 0) is 43.9 Å². The van der Waals surface area contributed by atoms with Gasteiger partial charge >= 0.3 is 0 Å². The largest absolute Gasteiger partial charge is 0.496 e. The molecule has 1 saturated carbocycles. The molecule has 94 valence electrons. The van der Waals surface area contributed by atoms with Crippen LogP contribution in [0.5, 0.6) is 5.75 Å². The highest BCUT2D eigenvalue weighted by atomic mass is 19.1. The average molecular weight is 237 g/mol. The molecule has 2 unspecified atom stereocenters. The van der Waals surface area contributed by atoms with E-state index in [-0.39, 0.29) is 11.7 Å². The molecule has 1 fully saturated rings. The standard InChI is InChI=1S/C14H20FNO/c1-9(10(2)16-12-5-6-12)13-8-11(15)4-7-14(13)17-3/h4,7-10,12,16H,5-6H2,1-3H3. The average Bonchev–Trinajstić information content (AvgIpc) is 3.11. The summed E-state index contributed by atoms with van der Waals surface area (Å²) >= 11 is 0. The van der Waals surface area contributed by atoms with Crippen LogP contribution in [0.15, 0.2) is 18.2 Å². The van der Waals surface area contributed by atoms with Gasteiger partial charge in [-0.25, -0.2) is 4.39 Å². The summed E-state index contributed by atoms with van der Waals surface area (Å²) in [6.45, 7) is 4.25. The van der Waals surface area contributed by atoms with Crippen LogP contribution in [0.4, 0.5) is 4.39 Å². The van der Waals surface area contributed by atoms with Gasteiger partial charge in [0.2, 0.25) is 0 Å². The number of rotatable bonds is 5. The van der Waals surface area contributed by atoms with Gasteiger partial charge in [0.15, 0.2) is 0 Å². The summed E-state index contributed by atoms with van der Waals surface area (Å²) in [5.74, 6) is 0.802. The Bertz CT molecular complexity index is 390. The second-order valence-corrected chi connectivity index (χ2v) is 4.90. The van der Waals surface area contributed by atoms with Gasteiger partial charge in [-0.3, -0.25) is 0 Å². The minimum absolute atomic E-state index is 0.203. The van der Waals surface area contributed by atoms with Crippen LogP contribution in [-0.2, 0) is 0 Å². The molecule has 1 aromatic carbocycles. The summed E-state index contributed by atoms with van der Waals surface area (Å²) in [7, 11) is 1.63. The summed E-state index contributed by atoms with van der Waals surface area (Å²) < 4.78 is 18.6. The Hall–Kier alpha value is -1.09. The maximum atomic E-state index is 13.3. The molecule has 2 nitrogen and oxygen atoms in total. The zero-order valence-corrected chi connectivity index (χ0v) is 10.7. The highest BCUT2D eigenvalue weighted by Gasteiger charge is 2.26. The smallest absolute Gasteiger partial charge is 0.123 e. The van der Waals surface area contributed by atoms with E-state index in [0.29, 0.717) is 12.1 Å². The van der Waals surface area contributed by atoms with E-state index in [2.05, 4.69) is 19.2 Å². The number of hydrogen-bond acceptors (Lipinski definition) is 2. The van der Waals surface area contributed by atoms with Crippen LogP contribution < -0.4 is 10.1 Å². The van der Waals surface area contributed by atoms with Crippen molar-refractivity contribution >= 4 is 0 Å². The highest BCUT2D eigenvalue weighted by molar-refractivity contribution is 5.37. The third kappa shape index (κ3) is 2.97. The van der Waals surface area contributed by atoms with E-state index in [9.17, 15) is 4.39 Å². The van der Waals surface area contributed by atoms with Crippen molar-refractivity contribution in [2.45, 2.75) is 44.7 Å². The molecule has 1 aliphatic carbocycles. The first-order chi connectivity index (χ1) is 8.11. The van der Waals surface area contributed by atoms with Crippen molar-refractivity contribution in [3.05, 3.63) is 29.6 Å². The molecule has 0 spiro atoms. The van der Waals surface area contributed by atoms with Crippen molar-refractivity contribution in [1.82, 2.24) is 5.32 Å². The maximum Gasteiger partial charge on any atom is 0.123 e. The molecule has 0 aliphatic heterocycles. The van der Waals surface area contributed by atoms with E-state index in [1.165, 1.54) is 18.9 Å². The number of methoxy groups -OCH3 is 1. The van der Waals surface area contributed by atoms with Crippen molar-refractivity contribution < 1.29 is 9.13 Å². The Morgan fingerprint density at radius 1 is 1.35 bits per heavy atom. The van der Waals surface area contributed by atoms with E-state index in [4.69, 9.17) is 4.74 Å². The molecule has 3 heteroatoms. The van der Waals surface area contributed by atoms with Crippen LogP contribution in [0.3, 0.4) is 0 Å². The number of hydrogen-bond donors (Lipinski definition) is 1. The molecule has 2 atom stereocenters. The highest BCUT2D eigenvalue weighted by Crippen LogP contribution is 2.31. The number of benzene rings is 1. The molecule has 0 radical (unpaired) electrons. The molecule has 1 aromatic rings. The molecule has 17 heavy (non-hydrogen) atoms. The van der Waals surface area contributed by atoms with Crippen LogP contribution in [0, 0.1) is 5.82 Å². The Labute approximate surface area is 102 Å². The molecule has 1 N–H and O–H groups in total. The summed E-state index contributed by atoms with van der Waals surface area (Å²) in [4.78, 5) is 0. The molecular formula is C14H20FNO. The molecule has 0 amide bonds. The van der Waals surface area contributed by atoms with Gasteiger partial charge in [-0.2, -0.15) is 0 Å². The quantitative estimate of drug-likeness (QED) is 0.849. The lowest BCUT2D eigenvalue weighted by Gasteiger charge is -2.23. The van der Waals surface area contributed by atoms with Gasteiger partial charge in [-0.1, -0.05) is 6.92 Å². The first kappa shape index (κ1) is 12.4. The third-order valence-electron chi connectivity index (χ3n) is 3.51. The molecule has 0 aromatic heterocycles. The Morgan fingerprint density at radius 3 is 2.65 bits per heavy atom. The van der Waals surface area contributed by atoms with Crippen LogP contribution in [0.1, 0.15) is 38.2 Å². The van der Waals surface area contributed by atoms with Crippen molar-refractivity contribution in [2.75, 3.05) is 7.11 Å². The lowest BCUT2D eigenvalue weighted by Crippen LogP contribution is -2.32. The zero-order chi connectivity index (χ0) is 12.4. The van der Waals surface area contributed by atoms with Crippen LogP contribution in [0.2, 0.25) is 0 Å². The number of halogens is 1. The topological polar surface area (TPSA) is 21.3 Å². The van der Waals surface area contributed by atoms with E-state index in [0.717, 1.165) is 11.3 Å². The lowest BCUT2D eigenvalue weighted by molar-refractivity contribution is 0.394. The second kappa shape index (κ2) is 5.05. The van der Waals surface area contributed by atoms with Crippen molar-refractivity contribution in [3.63, 3.8) is 0 Å².